The molecule has 0 bridgehead atoms. The predicted molar refractivity (Wildman–Crippen MR) is 94.9 cm³/mol. The first kappa shape index (κ1) is 18.2. The molecule has 1 aromatic rings. The third-order valence-electron chi connectivity index (χ3n) is 4.55. The largest absolute Gasteiger partial charge is 0.309 e. The van der Waals surface area contributed by atoms with Crippen LogP contribution < -0.4 is 0 Å². The minimum atomic E-state index is 0.729. The summed E-state index contributed by atoms with van der Waals surface area (Å²) in [4.78, 5) is 2.30. The van der Waals surface area contributed by atoms with Crippen molar-refractivity contribution in [3.05, 3.63) is 35.9 Å². The van der Waals surface area contributed by atoms with Gasteiger partial charge in [0.1, 0.15) is 0 Å². The van der Waals surface area contributed by atoms with Crippen molar-refractivity contribution in [1.29, 1.82) is 0 Å². The maximum Gasteiger partial charge on any atom is -0.00246 e. The maximum absolute atomic E-state index is 2.46. The van der Waals surface area contributed by atoms with Crippen LogP contribution in [0.3, 0.4) is 0 Å². The molecule has 0 N–H and O–H groups in total. The highest BCUT2D eigenvalue weighted by Gasteiger charge is 2.18. The Morgan fingerprint density at radius 2 is 1.62 bits per heavy atom. The van der Waals surface area contributed by atoms with Gasteiger partial charge in [-0.3, -0.25) is 0 Å². The van der Waals surface area contributed by atoms with Crippen molar-refractivity contribution in [2.45, 2.75) is 64.7 Å². The monoisotopic (exact) mass is 289 g/mol. The van der Waals surface area contributed by atoms with Crippen LogP contribution in [0.5, 0.6) is 0 Å². The number of hydrogen-bond donors (Lipinski definition) is 0. The van der Waals surface area contributed by atoms with E-state index in [0.717, 1.165) is 11.8 Å². The number of unbranched alkanes of at least 4 members (excludes halogenated alkanes) is 3. The van der Waals surface area contributed by atoms with Crippen LogP contribution in [0.2, 0.25) is 0 Å². The van der Waals surface area contributed by atoms with Crippen LogP contribution in [0.25, 0.3) is 0 Å². The normalized spacial score (nSPS) is 14.3. The van der Waals surface area contributed by atoms with Gasteiger partial charge in [0, 0.05) is 0 Å². The number of hydrogen-bond acceptors (Lipinski definition) is 1. The Balaban J connectivity index is 2.54. The van der Waals surface area contributed by atoms with Crippen LogP contribution in [0.4, 0.5) is 0 Å². The molecule has 0 amide bonds. The summed E-state index contributed by atoms with van der Waals surface area (Å²) in [6, 6.07) is 11.2. The fraction of sp³-hybridized carbons (Fsp3) is 0.700. The molecule has 0 aliphatic rings. The van der Waals surface area contributed by atoms with Crippen molar-refractivity contribution in [2.75, 3.05) is 20.6 Å². The molecule has 2 atom stereocenters. The quantitative estimate of drug-likeness (QED) is 0.471. The predicted octanol–water partition coefficient (Wildman–Crippen LogP) is 5.72. The second kappa shape index (κ2) is 10.8. The first-order valence-corrected chi connectivity index (χ1v) is 8.84. The van der Waals surface area contributed by atoms with Gasteiger partial charge in [-0.2, -0.15) is 0 Å². The van der Waals surface area contributed by atoms with E-state index in [0.29, 0.717) is 0 Å². The van der Waals surface area contributed by atoms with E-state index in [4.69, 9.17) is 0 Å². The number of nitrogens with zero attached hydrogens (tertiary/aromatic N) is 1. The molecule has 21 heavy (non-hydrogen) atoms. The summed E-state index contributed by atoms with van der Waals surface area (Å²) in [5.41, 5.74) is 1.54. The molecular weight excluding hydrogens is 254 g/mol. The van der Waals surface area contributed by atoms with Gasteiger partial charge in [0.2, 0.25) is 0 Å². The highest BCUT2D eigenvalue weighted by molar-refractivity contribution is 5.20. The molecule has 0 saturated carbocycles. The Morgan fingerprint density at radius 1 is 0.905 bits per heavy atom. The van der Waals surface area contributed by atoms with Gasteiger partial charge in [-0.1, -0.05) is 76.3 Å². The summed E-state index contributed by atoms with van der Waals surface area (Å²) in [5.74, 6) is 1.53. The Labute approximate surface area is 132 Å². The van der Waals surface area contributed by atoms with E-state index in [9.17, 15) is 0 Å². The SMILES string of the molecule is CCCCCCC(C)C(CCCN(C)C)c1ccccc1. The van der Waals surface area contributed by atoms with Crippen LogP contribution in [0.15, 0.2) is 30.3 Å². The van der Waals surface area contributed by atoms with Crippen LogP contribution in [-0.4, -0.2) is 25.5 Å². The molecule has 0 aliphatic carbocycles. The van der Waals surface area contributed by atoms with Gasteiger partial charge >= 0.3 is 0 Å². The molecule has 1 nitrogen and oxygen atoms in total. The van der Waals surface area contributed by atoms with Crippen molar-refractivity contribution in [2.24, 2.45) is 5.92 Å². The van der Waals surface area contributed by atoms with Gasteiger partial charge < -0.3 is 4.90 Å². The van der Waals surface area contributed by atoms with E-state index in [1.54, 1.807) is 5.56 Å². The Morgan fingerprint density at radius 3 is 2.24 bits per heavy atom. The third kappa shape index (κ3) is 7.66. The maximum atomic E-state index is 2.46. The Bertz CT molecular complexity index is 344. The van der Waals surface area contributed by atoms with Crippen molar-refractivity contribution in [3.63, 3.8) is 0 Å². The third-order valence-corrected chi connectivity index (χ3v) is 4.55. The average molecular weight is 290 g/mol. The van der Waals surface area contributed by atoms with Crippen molar-refractivity contribution in [3.8, 4) is 0 Å². The van der Waals surface area contributed by atoms with Crippen molar-refractivity contribution >= 4 is 0 Å². The molecule has 1 rings (SSSR count). The highest BCUT2D eigenvalue weighted by atomic mass is 15.0. The Kier molecular flexibility index (Phi) is 9.41. The van der Waals surface area contributed by atoms with E-state index >= 15 is 0 Å². The summed E-state index contributed by atoms with van der Waals surface area (Å²) in [5, 5.41) is 0. The minimum absolute atomic E-state index is 0.729. The number of benzene rings is 1. The molecule has 0 radical (unpaired) electrons. The molecule has 120 valence electrons. The molecule has 1 aromatic carbocycles. The molecule has 2 unspecified atom stereocenters. The molecule has 1 heteroatoms. The Hall–Kier alpha value is -0.820. The molecule has 0 fully saturated rings. The van der Waals surface area contributed by atoms with Crippen molar-refractivity contribution < 1.29 is 0 Å². The smallest absolute Gasteiger partial charge is 0.00246 e. The van der Waals surface area contributed by atoms with Gasteiger partial charge in [-0.05, 0) is 50.9 Å². The van der Waals surface area contributed by atoms with Crippen LogP contribution in [-0.2, 0) is 0 Å². The van der Waals surface area contributed by atoms with Crippen LogP contribution in [0.1, 0.15) is 70.3 Å². The minimum Gasteiger partial charge on any atom is -0.309 e. The highest BCUT2D eigenvalue weighted by Crippen LogP contribution is 2.32. The first-order valence-electron chi connectivity index (χ1n) is 8.84. The van der Waals surface area contributed by atoms with Gasteiger partial charge in [0.25, 0.3) is 0 Å². The summed E-state index contributed by atoms with van der Waals surface area (Å²) < 4.78 is 0. The molecule has 0 aliphatic heterocycles. The second-order valence-corrected chi connectivity index (χ2v) is 6.79. The lowest BCUT2D eigenvalue weighted by Gasteiger charge is -2.25. The molecule has 0 heterocycles. The molecule has 0 spiro atoms. The average Bonchev–Trinajstić information content (AvgIpc) is 2.48. The van der Waals surface area contributed by atoms with Crippen molar-refractivity contribution in [1.82, 2.24) is 4.90 Å². The van der Waals surface area contributed by atoms with E-state index < -0.39 is 0 Å². The molecular formula is C20H35N. The fourth-order valence-electron chi connectivity index (χ4n) is 3.20. The van der Waals surface area contributed by atoms with Gasteiger partial charge in [0.15, 0.2) is 0 Å². The van der Waals surface area contributed by atoms with E-state index in [1.165, 1.54) is 51.5 Å². The lowest BCUT2D eigenvalue weighted by Crippen LogP contribution is -2.16. The zero-order chi connectivity index (χ0) is 15.5. The molecule has 0 saturated heterocycles. The zero-order valence-corrected chi connectivity index (χ0v) is 14.6. The van der Waals surface area contributed by atoms with E-state index in [-0.39, 0.29) is 0 Å². The van der Waals surface area contributed by atoms with Gasteiger partial charge in [-0.25, -0.2) is 0 Å². The zero-order valence-electron chi connectivity index (χ0n) is 14.6. The lowest BCUT2D eigenvalue weighted by atomic mass is 9.81. The number of rotatable bonds is 11. The summed E-state index contributed by atoms with van der Waals surface area (Å²) in [6.45, 7) is 5.95. The first-order chi connectivity index (χ1) is 10.1. The van der Waals surface area contributed by atoms with Gasteiger partial charge in [0.05, 0.1) is 0 Å². The molecule has 0 aromatic heterocycles. The second-order valence-electron chi connectivity index (χ2n) is 6.79. The topological polar surface area (TPSA) is 3.24 Å². The van der Waals surface area contributed by atoms with E-state index in [2.05, 4.69) is 63.2 Å². The van der Waals surface area contributed by atoms with Crippen LogP contribution >= 0.6 is 0 Å². The summed E-state index contributed by atoms with van der Waals surface area (Å²) >= 11 is 0. The van der Waals surface area contributed by atoms with Gasteiger partial charge in [-0.15, -0.1) is 0 Å². The standard InChI is InChI=1S/C20H35N/c1-5-6-7-9-13-18(2)20(16-12-17-21(3)4)19-14-10-8-11-15-19/h8,10-11,14-15,18,20H,5-7,9,12-13,16-17H2,1-4H3. The fourth-order valence-corrected chi connectivity index (χ4v) is 3.20. The summed E-state index contributed by atoms with van der Waals surface area (Å²) in [7, 11) is 4.34. The lowest BCUT2D eigenvalue weighted by molar-refractivity contribution is 0.344. The summed E-state index contributed by atoms with van der Waals surface area (Å²) in [6.07, 6.45) is 9.51. The van der Waals surface area contributed by atoms with E-state index in [1.807, 2.05) is 0 Å². The van der Waals surface area contributed by atoms with Crippen LogP contribution in [0, 0.1) is 5.92 Å².